The van der Waals surface area contributed by atoms with Crippen molar-refractivity contribution in [2.24, 2.45) is 0 Å². The van der Waals surface area contributed by atoms with Crippen molar-refractivity contribution in [3.8, 4) is 0 Å². The Labute approximate surface area is 126 Å². The lowest BCUT2D eigenvalue weighted by Gasteiger charge is -2.36. The van der Waals surface area contributed by atoms with E-state index in [4.69, 9.17) is 9.47 Å². The van der Waals surface area contributed by atoms with Crippen molar-refractivity contribution in [3.05, 3.63) is 23.9 Å². The van der Waals surface area contributed by atoms with Crippen LogP contribution in [-0.2, 0) is 16.0 Å². The van der Waals surface area contributed by atoms with Gasteiger partial charge < -0.3 is 14.4 Å². The average molecular weight is 290 g/mol. The summed E-state index contributed by atoms with van der Waals surface area (Å²) in [5.41, 5.74) is 1.18. The van der Waals surface area contributed by atoms with Gasteiger partial charge in [-0.15, -0.1) is 0 Å². The molecule has 21 heavy (non-hydrogen) atoms. The second-order valence-electron chi connectivity index (χ2n) is 5.94. The Morgan fingerprint density at radius 2 is 1.95 bits per heavy atom. The van der Waals surface area contributed by atoms with Gasteiger partial charge in [0.15, 0.2) is 0 Å². The Hall–Kier alpha value is -1.17. The number of anilines is 1. The fourth-order valence-electron chi connectivity index (χ4n) is 3.19. The molecular weight excluding hydrogens is 266 g/mol. The first-order valence-corrected chi connectivity index (χ1v) is 7.78. The van der Waals surface area contributed by atoms with Gasteiger partial charge in [0.2, 0.25) is 0 Å². The van der Waals surface area contributed by atoms with E-state index in [1.54, 1.807) is 0 Å². The summed E-state index contributed by atoms with van der Waals surface area (Å²) in [6, 6.07) is 5.29. The first-order valence-electron chi connectivity index (χ1n) is 7.78. The van der Waals surface area contributed by atoms with Crippen molar-refractivity contribution >= 4 is 5.82 Å². The van der Waals surface area contributed by atoms with E-state index < -0.39 is 0 Å². The van der Waals surface area contributed by atoms with Gasteiger partial charge >= 0.3 is 0 Å². The van der Waals surface area contributed by atoms with E-state index >= 15 is 0 Å². The third kappa shape index (κ3) is 3.73. The summed E-state index contributed by atoms with van der Waals surface area (Å²) in [6.07, 6.45) is 2.41. The molecule has 0 amide bonds. The van der Waals surface area contributed by atoms with Gasteiger partial charge in [-0.3, -0.25) is 4.90 Å². The van der Waals surface area contributed by atoms with Crippen LogP contribution in [0.1, 0.15) is 19.4 Å². The van der Waals surface area contributed by atoms with E-state index in [1.165, 1.54) is 5.56 Å². The monoisotopic (exact) mass is 290 g/mol. The summed E-state index contributed by atoms with van der Waals surface area (Å²) in [5, 5.41) is 0. The van der Waals surface area contributed by atoms with Crippen LogP contribution in [0.4, 0.5) is 5.82 Å². The molecule has 0 saturated carbocycles. The van der Waals surface area contributed by atoms with E-state index in [2.05, 4.69) is 34.7 Å². The number of hydrogen-bond acceptors (Lipinski definition) is 5. The second kappa shape index (κ2) is 6.73. The van der Waals surface area contributed by atoms with Crippen molar-refractivity contribution in [1.82, 2.24) is 9.88 Å². The Morgan fingerprint density at radius 3 is 2.67 bits per heavy atom. The molecule has 1 aromatic heterocycles. The summed E-state index contributed by atoms with van der Waals surface area (Å²) < 4.78 is 11.2. The molecule has 1 radical (unpaired) electrons. The zero-order valence-corrected chi connectivity index (χ0v) is 12.9. The van der Waals surface area contributed by atoms with E-state index in [1.807, 2.05) is 12.3 Å². The lowest BCUT2D eigenvalue weighted by molar-refractivity contribution is -0.0705. The number of ether oxygens (including phenoxy) is 2. The minimum atomic E-state index is 0.289. The Balaban J connectivity index is 1.72. The number of rotatable bonds is 3. The van der Waals surface area contributed by atoms with Gasteiger partial charge in [-0.2, -0.15) is 0 Å². The summed E-state index contributed by atoms with van der Waals surface area (Å²) >= 11 is 0. The molecule has 2 aliphatic heterocycles. The van der Waals surface area contributed by atoms with E-state index in [0.717, 1.165) is 51.8 Å². The van der Waals surface area contributed by atoms with Crippen molar-refractivity contribution in [2.75, 3.05) is 44.3 Å². The molecule has 115 valence electrons. The number of pyridine rings is 1. The molecule has 1 aromatic rings. The molecule has 2 atom stereocenters. The summed E-state index contributed by atoms with van der Waals surface area (Å²) in [5.74, 6) is 1.06. The van der Waals surface area contributed by atoms with Crippen molar-refractivity contribution < 1.29 is 9.47 Å². The van der Waals surface area contributed by atoms with Crippen LogP contribution < -0.4 is 4.90 Å². The zero-order valence-electron chi connectivity index (χ0n) is 12.9. The Bertz CT molecular complexity index is 453. The van der Waals surface area contributed by atoms with E-state index in [0.29, 0.717) is 0 Å². The topological polar surface area (TPSA) is 37.8 Å². The van der Waals surface area contributed by atoms with E-state index in [9.17, 15) is 0 Å². The predicted octanol–water partition coefficient (Wildman–Crippen LogP) is 1.33. The summed E-state index contributed by atoms with van der Waals surface area (Å²) in [6.45, 7) is 10.5. The molecule has 0 bridgehead atoms. The van der Waals surface area contributed by atoms with Gasteiger partial charge in [0.05, 0.1) is 25.4 Å². The standard InChI is InChI=1S/C16H24N3O2/c1-13-10-18(11-14(2)21-13)12-15-4-3-5-17-16(15)19-6-8-20-9-7-19/h3,5,13-14H,6-12H2,1-2H3. The first kappa shape index (κ1) is 14.8. The van der Waals surface area contributed by atoms with Gasteiger partial charge in [0, 0.05) is 44.5 Å². The maximum atomic E-state index is 5.81. The molecule has 3 rings (SSSR count). The van der Waals surface area contributed by atoms with Gasteiger partial charge in [-0.25, -0.2) is 4.98 Å². The lowest BCUT2D eigenvalue weighted by Crippen LogP contribution is -2.45. The highest BCUT2D eigenvalue weighted by atomic mass is 16.5. The molecule has 3 heterocycles. The molecule has 2 saturated heterocycles. The van der Waals surface area contributed by atoms with Gasteiger partial charge in [0.25, 0.3) is 0 Å². The van der Waals surface area contributed by atoms with Crippen LogP contribution in [0.3, 0.4) is 0 Å². The van der Waals surface area contributed by atoms with Crippen molar-refractivity contribution in [1.29, 1.82) is 0 Å². The molecule has 5 nitrogen and oxygen atoms in total. The molecule has 5 heteroatoms. The van der Waals surface area contributed by atoms with Crippen LogP contribution >= 0.6 is 0 Å². The SMILES string of the molecule is CC1CN(Cc2[c]ccnc2N2CCOCC2)CC(C)O1. The molecule has 0 N–H and O–H groups in total. The molecule has 2 aliphatic rings. The molecule has 0 spiro atoms. The highest BCUT2D eigenvalue weighted by molar-refractivity contribution is 5.46. The van der Waals surface area contributed by atoms with E-state index in [-0.39, 0.29) is 12.2 Å². The average Bonchev–Trinajstić information content (AvgIpc) is 2.48. The number of nitrogens with zero attached hydrogens (tertiary/aromatic N) is 3. The van der Waals surface area contributed by atoms with Crippen LogP contribution in [0.5, 0.6) is 0 Å². The quantitative estimate of drug-likeness (QED) is 0.839. The van der Waals surface area contributed by atoms with Crippen LogP contribution in [0.15, 0.2) is 12.3 Å². The third-order valence-electron chi connectivity index (χ3n) is 3.99. The molecule has 0 aliphatic carbocycles. The number of morpholine rings is 2. The molecule has 0 aromatic carbocycles. The third-order valence-corrected chi connectivity index (χ3v) is 3.99. The number of aromatic nitrogens is 1. The van der Waals surface area contributed by atoms with Crippen molar-refractivity contribution in [3.63, 3.8) is 0 Å². The molecule has 2 fully saturated rings. The van der Waals surface area contributed by atoms with Gasteiger partial charge in [-0.05, 0) is 26.0 Å². The van der Waals surface area contributed by atoms with Crippen LogP contribution in [0, 0.1) is 6.07 Å². The summed E-state index contributed by atoms with van der Waals surface area (Å²) in [4.78, 5) is 9.34. The Kier molecular flexibility index (Phi) is 4.73. The Morgan fingerprint density at radius 1 is 1.24 bits per heavy atom. The molecular formula is C16H24N3O2. The lowest BCUT2D eigenvalue weighted by atomic mass is 10.1. The fraction of sp³-hybridized carbons (Fsp3) is 0.688. The minimum absolute atomic E-state index is 0.289. The maximum Gasteiger partial charge on any atom is 0.133 e. The van der Waals surface area contributed by atoms with Crippen molar-refractivity contribution in [2.45, 2.75) is 32.6 Å². The van der Waals surface area contributed by atoms with Crippen LogP contribution in [0.25, 0.3) is 0 Å². The largest absolute Gasteiger partial charge is 0.378 e. The first-order chi connectivity index (χ1) is 10.2. The van der Waals surface area contributed by atoms with Gasteiger partial charge in [0.1, 0.15) is 5.82 Å². The van der Waals surface area contributed by atoms with Gasteiger partial charge in [-0.1, -0.05) is 0 Å². The minimum Gasteiger partial charge on any atom is -0.378 e. The highest BCUT2D eigenvalue weighted by Crippen LogP contribution is 2.21. The predicted molar refractivity (Wildman–Crippen MR) is 81.4 cm³/mol. The fourth-order valence-corrected chi connectivity index (χ4v) is 3.19. The smallest absolute Gasteiger partial charge is 0.133 e. The summed E-state index contributed by atoms with van der Waals surface area (Å²) in [7, 11) is 0. The highest BCUT2D eigenvalue weighted by Gasteiger charge is 2.24. The van der Waals surface area contributed by atoms with Crippen LogP contribution in [0.2, 0.25) is 0 Å². The normalized spacial score (nSPS) is 27.8. The molecule has 2 unspecified atom stereocenters. The second-order valence-corrected chi connectivity index (χ2v) is 5.94. The number of hydrogen-bond donors (Lipinski definition) is 0. The van der Waals surface area contributed by atoms with Crippen LogP contribution in [-0.4, -0.2) is 61.5 Å². The zero-order chi connectivity index (χ0) is 14.7. The maximum absolute atomic E-state index is 5.81.